The van der Waals surface area contributed by atoms with Gasteiger partial charge in [0.2, 0.25) is 17.7 Å². The van der Waals surface area contributed by atoms with Gasteiger partial charge in [0.05, 0.1) is 250 Å². The second-order valence-electron chi connectivity index (χ2n) is 23.9. The SMILES string of the molecule is COCCOCCOCCOCCOCCOCCOCCOCCn1cc(COC(=O)N(Cc2cn(CCOCCOCCOCCOCCOCCOCCOCCOC)nn2)Cc2cc(NC(=O)[C@H](CCCNC(N)=O)NC(=O)[C@@H](NC(=O)CCOCCN3C(=O)C=CC3=O)C(C)C)ccc2C)nn1. The van der Waals surface area contributed by atoms with E-state index in [0.29, 0.717) is 234 Å². The highest BCUT2D eigenvalue weighted by Crippen LogP contribution is 2.21. The molecule has 107 heavy (non-hydrogen) atoms. The Labute approximate surface area is 625 Å². The predicted molar refractivity (Wildman–Crippen MR) is 381 cm³/mol. The molecule has 0 aliphatic carbocycles. The van der Waals surface area contributed by atoms with E-state index < -0.39 is 59.7 Å². The molecule has 0 fully saturated rings. The number of anilines is 1. The van der Waals surface area contributed by atoms with Gasteiger partial charge < -0.3 is 112 Å². The quantitative estimate of drug-likeness (QED) is 0.0377. The molecular formula is C69H115N13O25. The van der Waals surface area contributed by atoms with E-state index >= 15 is 0 Å². The number of amides is 8. The monoisotopic (exact) mass is 1530 g/mol. The van der Waals surface area contributed by atoms with E-state index in [4.69, 9.17) is 91.0 Å². The van der Waals surface area contributed by atoms with E-state index in [0.717, 1.165) is 22.6 Å². The average Bonchev–Trinajstić information content (AvgIpc) is 1.44. The third kappa shape index (κ3) is 45.3. The molecule has 1 aliphatic heterocycles. The van der Waals surface area contributed by atoms with Crippen LogP contribution < -0.4 is 27.0 Å². The number of rotatable bonds is 70. The molecular weight excluding hydrogens is 1410 g/mol. The Kier molecular flexibility index (Phi) is 52.1. The maximum absolute atomic E-state index is 14.2. The van der Waals surface area contributed by atoms with Gasteiger partial charge in [0.1, 0.15) is 30.1 Å². The summed E-state index contributed by atoms with van der Waals surface area (Å²) in [5, 5.41) is 27.9. The van der Waals surface area contributed by atoms with Gasteiger partial charge in [-0.05, 0) is 48.9 Å². The lowest BCUT2D eigenvalue weighted by molar-refractivity contribution is -0.138. The third-order valence-corrected chi connectivity index (χ3v) is 15.1. The highest BCUT2D eigenvalue weighted by Gasteiger charge is 2.30. The molecule has 0 radical (unpaired) electrons. The largest absolute Gasteiger partial charge is 0.443 e. The Morgan fingerprint density at radius 1 is 0.505 bits per heavy atom. The maximum Gasteiger partial charge on any atom is 0.410 e. The molecule has 6 N–H and O–H groups in total. The van der Waals surface area contributed by atoms with E-state index in [-0.39, 0.29) is 65.3 Å². The summed E-state index contributed by atoms with van der Waals surface area (Å²) in [5.74, 6) is -3.10. The van der Waals surface area contributed by atoms with Crippen LogP contribution in [-0.2, 0) is 142 Å². The molecule has 38 heteroatoms. The lowest BCUT2D eigenvalue weighted by atomic mass is 10.0. The molecule has 38 nitrogen and oxygen atoms in total. The van der Waals surface area contributed by atoms with Crippen molar-refractivity contribution in [1.82, 2.24) is 55.7 Å². The van der Waals surface area contributed by atoms with Crippen molar-refractivity contribution in [2.24, 2.45) is 11.7 Å². The molecule has 606 valence electrons. The van der Waals surface area contributed by atoms with Gasteiger partial charge in [0.15, 0.2) is 0 Å². The lowest BCUT2D eigenvalue weighted by Crippen LogP contribution is -2.54. The Morgan fingerprint density at radius 3 is 1.36 bits per heavy atom. The van der Waals surface area contributed by atoms with Gasteiger partial charge in [-0.1, -0.05) is 30.3 Å². The number of primary amides is 1. The average molecular weight is 1530 g/mol. The zero-order valence-corrected chi connectivity index (χ0v) is 62.8. The Hall–Kier alpha value is -7.35. The second kappa shape index (κ2) is 60.5. The van der Waals surface area contributed by atoms with Gasteiger partial charge in [-0.2, -0.15) is 0 Å². The molecule has 3 aromatic rings. The number of hydrogen-bond acceptors (Lipinski definition) is 29. The van der Waals surface area contributed by atoms with Gasteiger partial charge in [-0.25, -0.2) is 19.0 Å². The van der Waals surface area contributed by atoms with Gasteiger partial charge in [0, 0.05) is 51.6 Å². The summed E-state index contributed by atoms with van der Waals surface area (Å²) in [7, 11) is 3.25. The van der Waals surface area contributed by atoms with Crippen molar-refractivity contribution in [3.8, 4) is 0 Å². The van der Waals surface area contributed by atoms with Crippen molar-refractivity contribution in [3.63, 3.8) is 0 Å². The van der Waals surface area contributed by atoms with Crippen molar-refractivity contribution in [3.05, 3.63) is 65.3 Å². The van der Waals surface area contributed by atoms with Crippen molar-refractivity contribution in [1.29, 1.82) is 0 Å². The maximum atomic E-state index is 14.2. The van der Waals surface area contributed by atoms with E-state index in [1.165, 1.54) is 4.90 Å². The Morgan fingerprint density at radius 2 is 0.916 bits per heavy atom. The Balaban J connectivity index is 1.26. The fraction of sp³-hybridized carbons (Fsp3) is 0.725. The number of carbonyl (C=O) groups is 7. The molecule has 1 aromatic carbocycles. The number of nitrogens with one attached hydrogen (secondary N) is 4. The van der Waals surface area contributed by atoms with E-state index in [9.17, 15) is 33.6 Å². The zero-order chi connectivity index (χ0) is 77.0. The van der Waals surface area contributed by atoms with E-state index in [1.807, 2.05) is 6.92 Å². The van der Waals surface area contributed by atoms with Crippen LogP contribution in [-0.4, -0.2) is 332 Å². The highest BCUT2D eigenvalue weighted by molar-refractivity contribution is 6.12. The van der Waals surface area contributed by atoms with Crippen molar-refractivity contribution in [2.75, 3.05) is 244 Å². The van der Waals surface area contributed by atoms with Gasteiger partial charge >= 0.3 is 12.1 Å². The van der Waals surface area contributed by atoms with Gasteiger partial charge in [0.25, 0.3) is 11.8 Å². The number of nitrogens with two attached hydrogens (primary N) is 1. The lowest BCUT2D eigenvalue weighted by Gasteiger charge is -2.26. The molecule has 8 amide bonds. The minimum absolute atomic E-state index is 0.00337. The first kappa shape index (κ1) is 92.0. The molecule has 0 saturated heterocycles. The number of methoxy groups -OCH3 is 2. The first-order valence-electron chi connectivity index (χ1n) is 36.1. The number of urea groups is 1. The summed E-state index contributed by atoms with van der Waals surface area (Å²) in [4.78, 5) is 93.2. The van der Waals surface area contributed by atoms with Crippen LogP contribution in [0.2, 0.25) is 0 Å². The number of aryl methyl sites for hydroxylation is 1. The van der Waals surface area contributed by atoms with Crippen molar-refractivity contribution in [2.45, 2.75) is 84.9 Å². The number of benzene rings is 1. The number of imide groups is 1. The normalized spacial score (nSPS) is 12.7. The van der Waals surface area contributed by atoms with Crippen LogP contribution in [0.25, 0.3) is 0 Å². The van der Waals surface area contributed by atoms with Crippen molar-refractivity contribution >= 4 is 47.3 Å². The highest BCUT2D eigenvalue weighted by atomic mass is 16.6. The smallest absolute Gasteiger partial charge is 0.410 e. The molecule has 4 rings (SSSR count). The molecule has 3 heterocycles. The predicted octanol–water partition coefficient (Wildman–Crippen LogP) is 0.387. The minimum atomic E-state index is -1.17. The summed E-state index contributed by atoms with van der Waals surface area (Å²) >= 11 is 0. The number of ether oxygens (including phenoxy) is 18. The van der Waals surface area contributed by atoms with Crippen LogP contribution >= 0.6 is 0 Å². The first-order valence-corrected chi connectivity index (χ1v) is 36.1. The molecule has 0 saturated carbocycles. The Bertz CT molecular complexity index is 2900. The van der Waals surface area contributed by atoms with E-state index in [1.54, 1.807) is 68.0 Å². The van der Waals surface area contributed by atoms with Crippen LogP contribution in [0.4, 0.5) is 15.3 Å². The zero-order valence-electron chi connectivity index (χ0n) is 62.8. The van der Waals surface area contributed by atoms with Gasteiger partial charge in [-0.15, -0.1) is 10.2 Å². The molecule has 2 atom stereocenters. The summed E-state index contributed by atoms with van der Waals surface area (Å²) in [5.41, 5.74) is 7.80. The van der Waals surface area contributed by atoms with Gasteiger partial charge in [-0.3, -0.25) is 33.8 Å². The molecule has 2 aromatic heterocycles. The second-order valence-corrected chi connectivity index (χ2v) is 23.9. The fourth-order valence-corrected chi connectivity index (χ4v) is 9.34. The summed E-state index contributed by atoms with van der Waals surface area (Å²) in [6, 6.07) is 2.12. The van der Waals surface area contributed by atoms with Crippen molar-refractivity contribution < 1.29 is 119 Å². The molecule has 0 bridgehead atoms. The number of carbonyl (C=O) groups excluding carboxylic acids is 7. The number of hydrogen-bond donors (Lipinski definition) is 5. The topological polar surface area (TPSA) is 428 Å². The van der Waals surface area contributed by atoms with Crippen LogP contribution in [0.3, 0.4) is 0 Å². The number of aromatic nitrogens is 6. The standard InChI is InChI=1S/C69H115N13O25/c1-55(2)65(74-62(83)12-17-92-20-16-82-63(84)10-11-64(82)85)67(87)73-61(7-6-13-71-68(70)88)66(86)72-58-9-8-56(3)57(49-58)50-79(51-59-52-80(77-75-59)14-18-93-25-27-97-33-35-101-41-43-105-47-45-103-39-37-99-31-29-95-23-21-90-4)69(89)107-54-60-53-81(78-76-60)15-19-94-26-28-98-34-36-102-42-44-106-48-46-104-40-38-100-32-30-96-24-22-91-5/h8-11,49,52-53,55,61,65H,6-7,12-48,50-51,54H2,1-5H3,(H,72,86)(H,73,87)(H,74,83)(H3,70,71,88)/t61-,65-/m0/s1. The summed E-state index contributed by atoms with van der Waals surface area (Å²) < 4.78 is 102. The van der Waals surface area contributed by atoms with Crippen LogP contribution in [0.5, 0.6) is 0 Å². The van der Waals surface area contributed by atoms with Crippen LogP contribution in [0.15, 0.2) is 42.7 Å². The third-order valence-electron chi connectivity index (χ3n) is 15.1. The minimum Gasteiger partial charge on any atom is -0.443 e. The van der Waals surface area contributed by atoms with Crippen LogP contribution in [0.1, 0.15) is 55.6 Å². The fourth-order valence-electron chi connectivity index (χ4n) is 9.34. The number of nitrogens with zero attached hydrogens (tertiary/aromatic N) is 8. The first-order chi connectivity index (χ1) is 52.2. The molecule has 0 spiro atoms. The van der Waals surface area contributed by atoms with Crippen LogP contribution in [0, 0.1) is 12.8 Å². The summed E-state index contributed by atoms with van der Waals surface area (Å²) in [6.07, 6.45) is 5.08. The molecule has 0 unspecified atom stereocenters. The summed E-state index contributed by atoms with van der Waals surface area (Å²) in [6.45, 7) is 18.8. The van der Waals surface area contributed by atoms with E-state index in [2.05, 4.69) is 41.9 Å². The molecule has 1 aliphatic rings.